The van der Waals surface area contributed by atoms with Crippen LogP contribution in [-0.4, -0.2) is 34.2 Å². The summed E-state index contributed by atoms with van der Waals surface area (Å²) < 4.78 is 5.31. The number of hydrogen-bond donors (Lipinski definition) is 4. The van der Waals surface area contributed by atoms with Gasteiger partial charge in [-0.1, -0.05) is 6.92 Å². The van der Waals surface area contributed by atoms with Crippen LogP contribution in [-0.2, 0) is 6.42 Å². The van der Waals surface area contributed by atoms with E-state index in [1.165, 1.54) is 11.1 Å². The highest BCUT2D eigenvalue weighted by atomic mass is 16.5. The number of phenolic OH excluding ortho intramolecular Hbond substituents is 1. The van der Waals surface area contributed by atoms with Crippen LogP contribution in [0.2, 0.25) is 0 Å². The number of aryl methyl sites for hydroxylation is 1. The largest absolute Gasteiger partial charge is 0.504 e. The molecule has 0 bridgehead atoms. The fraction of sp³-hybridized carbons (Fsp3) is 0.650. The third kappa shape index (κ3) is 2.31. The molecule has 4 rings (SSSR count). The van der Waals surface area contributed by atoms with Gasteiger partial charge in [0, 0.05) is 5.41 Å². The third-order valence-corrected chi connectivity index (χ3v) is 7.49. The van der Waals surface area contributed by atoms with E-state index in [0.29, 0.717) is 24.0 Å². The molecule has 1 aromatic rings. The van der Waals surface area contributed by atoms with Gasteiger partial charge in [-0.05, 0) is 79.5 Å². The molecule has 0 spiro atoms. The average molecular weight is 361 g/mol. The second-order valence-electron chi connectivity index (χ2n) is 8.42. The second kappa shape index (κ2) is 5.78. The van der Waals surface area contributed by atoms with E-state index >= 15 is 0 Å². The lowest BCUT2D eigenvalue weighted by Gasteiger charge is -2.53. The average Bonchev–Trinajstić information content (AvgIpc) is 2.84. The summed E-state index contributed by atoms with van der Waals surface area (Å²) in [6.07, 6.45) is 3.72. The van der Waals surface area contributed by atoms with Crippen molar-refractivity contribution < 1.29 is 24.9 Å². The van der Waals surface area contributed by atoms with Crippen molar-refractivity contribution in [1.82, 2.24) is 5.32 Å². The smallest absolute Gasteiger partial charge is 0.406 e. The Morgan fingerprint density at radius 1 is 1.27 bits per heavy atom. The SMILES string of the molecule is COc1cc2c(cc1O)CC[C@@H]1[C@@H]2CC[C@@]2(C)[C@H]1CCC2(O)NC(=O)O. The van der Waals surface area contributed by atoms with Crippen LogP contribution >= 0.6 is 0 Å². The zero-order chi connectivity index (χ0) is 18.7. The van der Waals surface area contributed by atoms with E-state index in [1.807, 2.05) is 19.1 Å². The lowest BCUT2D eigenvalue weighted by atomic mass is 9.54. The van der Waals surface area contributed by atoms with Crippen LogP contribution in [0, 0.1) is 17.3 Å². The molecule has 2 fully saturated rings. The first-order valence-electron chi connectivity index (χ1n) is 9.42. The number of carboxylic acid groups (broad SMARTS) is 1. The molecular weight excluding hydrogens is 334 g/mol. The van der Waals surface area contributed by atoms with Gasteiger partial charge in [-0.2, -0.15) is 0 Å². The molecule has 2 saturated carbocycles. The molecule has 1 amide bonds. The van der Waals surface area contributed by atoms with Gasteiger partial charge in [0.1, 0.15) is 5.72 Å². The number of aromatic hydroxyl groups is 1. The number of fused-ring (bicyclic) bond motifs is 5. The molecule has 4 N–H and O–H groups in total. The fourth-order valence-electron chi connectivity index (χ4n) is 6.15. The van der Waals surface area contributed by atoms with Gasteiger partial charge >= 0.3 is 6.09 Å². The zero-order valence-electron chi connectivity index (χ0n) is 15.3. The molecule has 5 atom stereocenters. The summed E-state index contributed by atoms with van der Waals surface area (Å²) in [5.74, 6) is 1.77. The first kappa shape index (κ1) is 17.5. The van der Waals surface area contributed by atoms with Gasteiger partial charge in [0.05, 0.1) is 7.11 Å². The number of hydrogen-bond acceptors (Lipinski definition) is 4. The summed E-state index contributed by atoms with van der Waals surface area (Å²) in [5, 5.41) is 32.8. The van der Waals surface area contributed by atoms with Crippen molar-refractivity contribution in [2.45, 2.75) is 57.1 Å². The van der Waals surface area contributed by atoms with Crippen molar-refractivity contribution in [3.63, 3.8) is 0 Å². The van der Waals surface area contributed by atoms with E-state index in [2.05, 4.69) is 5.32 Å². The molecule has 6 heteroatoms. The predicted molar refractivity (Wildman–Crippen MR) is 95.4 cm³/mol. The molecule has 142 valence electrons. The number of phenols is 1. The second-order valence-corrected chi connectivity index (χ2v) is 8.42. The van der Waals surface area contributed by atoms with Gasteiger partial charge in [0.25, 0.3) is 0 Å². The van der Waals surface area contributed by atoms with Crippen LogP contribution in [0.5, 0.6) is 11.5 Å². The highest BCUT2D eigenvalue weighted by molar-refractivity contribution is 5.65. The molecule has 0 radical (unpaired) electrons. The molecular formula is C20H27NO5. The topological polar surface area (TPSA) is 99.0 Å². The van der Waals surface area contributed by atoms with Crippen LogP contribution in [0.15, 0.2) is 12.1 Å². The molecule has 1 unspecified atom stereocenters. The van der Waals surface area contributed by atoms with Crippen LogP contribution in [0.3, 0.4) is 0 Å². The number of rotatable bonds is 2. The Labute approximate surface area is 153 Å². The minimum absolute atomic E-state index is 0.186. The Bertz CT molecular complexity index is 750. The predicted octanol–water partition coefficient (Wildman–Crippen LogP) is 3.21. The maximum atomic E-state index is 11.2. The van der Waals surface area contributed by atoms with E-state index in [9.17, 15) is 20.1 Å². The van der Waals surface area contributed by atoms with Crippen molar-refractivity contribution in [2.24, 2.45) is 17.3 Å². The fourth-order valence-corrected chi connectivity index (χ4v) is 6.15. The van der Waals surface area contributed by atoms with Crippen LogP contribution in [0.4, 0.5) is 4.79 Å². The lowest BCUT2D eigenvalue weighted by Crippen LogP contribution is -2.59. The Morgan fingerprint density at radius 2 is 2.04 bits per heavy atom. The third-order valence-electron chi connectivity index (χ3n) is 7.49. The minimum Gasteiger partial charge on any atom is -0.504 e. The van der Waals surface area contributed by atoms with Gasteiger partial charge < -0.3 is 20.1 Å². The summed E-state index contributed by atoms with van der Waals surface area (Å²) in [6, 6.07) is 3.80. The van der Waals surface area contributed by atoms with Crippen molar-refractivity contribution >= 4 is 6.09 Å². The normalized spacial score (nSPS) is 38.0. The highest BCUT2D eigenvalue weighted by Crippen LogP contribution is 2.63. The van der Waals surface area contributed by atoms with E-state index < -0.39 is 17.2 Å². The summed E-state index contributed by atoms with van der Waals surface area (Å²) in [6.45, 7) is 2.05. The van der Waals surface area contributed by atoms with E-state index in [-0.39, 0.29) is 11.7 Å². The molecule has 0 heterocycles. The van der Waals surface area contributed by atoms with Crippen molar-refractivity contribution in [2.75, 3.05) is 7.11 Å². The number of methoxy groups -OCH3 is 1. The minimum atomic E-state index is -1.35. The van der Waals surface area contributed by atoms with Gasteiger partial charge in [0.2, 0.25) is 0 Å². The Hall–Kier alpha value is -1.95. The first-order valence-corrected chi connectivity index (χ1v) is 9.42. The summed E-state index contributed by atoms with van der Waals surface area (Å²) in [7, 11) is 1.56. The first-order chi connectivity index (χ1) is 12.3. The molecule has 6 nitrogen and oxygen atoms in total. The molecule has 26 heavy (non-hydrogen) atoms. The van der Waals surface area contributed by atoms with Crippen LogP contribution in [0.25, 0.3) is 0 Å². The van der Waals surface area contributed by atoms with Gasteiger partial charge in [-0.15, -0.1) is 0 Å². The van der Waals surface area contributed by atoms with E-state index in [1.54, 1.807) is 7.11 Å². The van der Waals surface area contributed by atoms with E-state index in [4.69, 9.17) is 4.74 Å². The number of benzene rings is 1. The molecule has 1 aromatic carbocycles. The Kier molecular flexibility index (Phi) is 3.88. The number of nitrogens with one attached hydrogen (secondary N) is 1. The van der Waals surface area contributed by atoms with Crippen molar-refractivity contribution in [1.29, 1.82) is 0 Å². The number of ether oxygens (including phenoxy) is 1. The lowest BCUT2D eigenvalue weighted by molar-refractivity contribution is -0.118. The van der Waals surface area contributed by atoms with Crippen LogP contribution in [0.1, 0.15) is 56.1 Å². The maximum Gasteiger partial charge on any atom is 0.406 e. The maximum absolute atomic E-state index is 11.2. The molecule has 0 aliphatic heterocycles. The standard InChI is InChI=1S/C20H27NO5/c1-19-7-5-12-13(15(19)6-8-20(19,25)21-18(23)24)4-3-11-9-16(22)17(26-2)10-14(11)12/h9-10,12-13,15,21-22,25H,3-8H2,1-2H3,(H,23,24)/t12-,13+,15-,19-,20?/m0/s1. The number of amides is 1. The van der Waals surface area contributed by atoms with Gasteiger partial charge in [-0.3, -0.25) is 5.32 Å². The molecule has 0 aromatic heterocycles. The monoisotopic (exact) mass is 361 g/mol. The Morgan fingerprint density at radius 3 is 2.73 bits per heavy atom. The number of carbonyl (C=O) groups is 1. The van der Waals surface area contributed by atoms with Gasteiger partial charge in [-0.25, -0.2) is 4.79 Å². The molecule has 3 aliphatic carbocycles. The summed E-state index contributed by atoms with van der Waals surface area (Å²) >= 11 is 0. The quantitative estimate of drug-likeness (QED) is 0.606. The summed E-state index contributed by atoms with van der Waals surface area (Å²) in [4.78, 5) is 11.2. The molecule has 0 saturated heterocycles. The van der Waals surface area contributed by atoms with Crippen molar-refractivity contribution in [3.05, 3.63) is 23.3 Å². The van der Waals surface area contributed by atoms with Crippen LogP contribution < -0.4 is 10.1 Å². The van der Waals surface area contributed by atoms with E-state index in [0.717, 1.165) is 32.1 Å². The summed E-state index contributed by atoms with van der Waals surface area (Å²) in [5.41, 5.74) is 0.650. The van der Waals surface area contributed by atoms with Crippen molar-refractivity contribution in [3.8, 4) is 11.5 Å². The highest BCUT2D eigenvalue weighted by Gasteiger charge is 2.62. The van der Waals surface area contributed by atoms with Gasteiger partial charge in [0.15, 0.2) is 11.5 Å². The molecule has 3 aliphatic rings. The number of aliphatic hydroxyl groups is 1. The Balaban J connectivity index is 1.68. The zero-order valence-corrected chi connectivity index (χ0v) is 15.3.